The fraction of sp³-hybridized carbons (Fsp3) is 0.559. The third-order valence-corrected chi connectivity index (χ3v) is 8.74. The number of hydrogen-bond acceptors (Lipinski definition) is 19. The molecule has 10 atom stereocenters. The number of ether oxygens (including phenoxy) is 10. The molecule has 1 N–H and O–H groups in total. The lowest BCUT2D eigenvalue weighted by Crippen LogP contribution is -2.70. The number of nitrogens with one attached hydrogen (secondary N) is 1. The number of halogens is 3. The van der Waals surface area contributed by atoms with E-state index in [-0.39, 0.29) is 11.1 Å². The fourth-order valence-corrected chi connectivity index (χ4v) is 6.33. The average Bonchev–Trinajstić information content (AvgIpc) is 3.34. The van der Waals surface area contributed by atoms with Crippen molar-refractivity contribution < 1.29 is 85.7 Å². The first-order valence-corrected chi connectivity index (χ1v) is 17.9. The van der Waals surface area contributed by atoms with Crippen LogP contribution < -0.4 is 0 Å². The van der Waals surface area contributed by atoms with Gasteiger partial charge in [0, 0.05) is 41.5 Å². The predicted octanol–water partition coefficient (Wildman–Crippen LogP) is 1.70. The Bertz CT molecular complexity index is 1750. The van der Waals surface area contributed by atoms with Crippen LogP contribution in [0.4, 0.5) is 0 Å². The van der Waals surface area contributed by atoms with Crippen molar-refractivity contribution in [3.63, 3.8) is 0 Å². The summed E-state index contributed by atoms with van der Waals surface area (Å²) >= 11 is 17.7. The number of imide groups is 1. The molecule has 0 aliphatic carbocycles. The van der Waals surface area contributed by atoms with Crippen LogP contribution in [0.3, 0.4) is 0 Å². The maximum Gasteiger partial charge on any atom is 0.303 e. The highest BCUT2D eigenvalue weighted by atomic mass is 35.6. The van der Waals surface area contributed by atoms with Gasteiger partial charge in [0.05, 0.1) is 11.1 Å². The van der Waals surface area contributed by atoms with Gasteiger partial charge >= 0.3 is 35.8 Å². The normalized spacial score (nSPS) is 28.3. The molecule has 0 radical (unpaired) electrons. The molecule has 312 valence electrons. The molecule has 2 fully saturated rings. The minimum absolute atomic E-state index is 0.0896. The molecule has 0 saturated carbocycles. The molecular formula is C34H37Cl3N2O18. The number of benzene rings is 1. The first-order valence-electron chi connectivity index (χ1n) is 16.8. The highest BCUT2D eigenvalue weighted by Crippen LogP contribution is 2.39. The minimum Gasteiger partial charge on any atom is -0.463 e. The van der Waals surface area contributed by atoms with E-state index in [4.69, 9.17) is 87.6 Å². The number of hydrogen-bond donors (Lipinski definition) is 1. The standard InChI is InChI=1S/C34H37Cl3N2O18/c1-13(40)48-11-21-24(50-15(3)42)26(52-17(5)44)23(39-29(46)19-9-7-8-10-20(19)30(39)47)31(54-21)56-28-27(53-18(6)45)25(51-16(4)43)22(12-49-14(2)41)55-32(28)57-33(38)34(35,36)37/h7-10,21-28,31-32,38H,11-12H2,1-6H3/t21-,22-,23-,24-,25-,26-,27+,28+,31+,32-/m1/s1. The van der Waals surface area contributed by atoms with Crippen molar-refractivity contribution in [2.24, 2.45) is 0 Å². The van der Waals surface area contributed by atoms with E-state index in [1.165, 1.54) is 24.3 Å². The lowest BCUT2D eigenvalue weighted by atomic mass is 9.93. The number of amides is 2. The number of esters is 6. The second-order valence-electron chi connectivity index (χ2n) is 12.5. The molecule has 4 rings (SSSR count). The van der Waals surface area contributed by atoms with Crippen LogP contribution in [0, 0.1) is 5.41 Å². The summed E-state index contributed by atoms with van der Waals surface area (Å²) in [5, 5.41) is 8.31. The second kappa shape index (κ2) is 18.8. The first kappa shape index (κ1) is 45.1. The quantitative estimate of drug-likeness (QED) is 0.0783. The van der Waals surface area contributed by atoms with Crippen molar-refractivity contribution in [1.29, 1.82) is 5.41 Å². The zero-order valence-corrected chi connectivity index (χ0v) is 33.2. The largest absolute Gasteiger partial charge is 0.463 e. The molecule has 57 heavy (non-hydrogen) atoms. The summed E-state index contributed by atoms with van der Waals surface area (Å²) in [6, 6.07) is 3.73. The SMILES string of the molecule is CC(=O)OC[C@H]1O[C@H](OC(=N)C(Cl)(Cl)Cl)[C@@H](O[C@@H]2O[C@H](COC(C)=O)[C@@H](OC(C)=O)[C@H](OC(C)=O)[C@H]2N2C(=O)c3ccccc3C2=O)[C@@H](OC(C)=O)[C@@H]1OC(C)=O. The van der Waals surface area contributed by atoms with E-state index in [1.807, 2.05) is 0 Å². The molecule has 23 heteroatoms. The minimum atomic E-state index is -2.56. The van der Waals surface area contributed by atoms with E-state index in [0.29, 0.717) is 4.90 Å². The molecule has 1 aromatic carbocycles. The van der Waals surface area contributed by atoms with E-state index in [9.17, 15) is 38.4 Å². The van der Waals surface area contributed by atoms with Crippen LogP contribution >= 0.6 is 34.8 Å². The number of carbonyl (C=O) groups excluding carboxylic acids is 8. The van der Waals surface area contributed by atoms with E-state index < -0.39 is 132 Å². The van der Waals surface area contributed by atoms with Gasteiger partial charge in [0.25, 0.3) is 15.6 Å². The van der Waals surface area contributed by atoms with Crippen molar-refractivity contribution >= 4 is 88.3 Å². The fourth-order valence-electron chi connectivity index (χ4n) is 6.20. The lowest BCUT2D eigenvalue weighted by molar-refractivity contribution is -0.351. The van der Waals surface area contributed by atoms with Crippen molar-refractivity contribution in [1.82, 2.24) is 4.90 Å². The third kappa shape index (κ3) is 11.1. The van der Waals surface area contributed by atoms with Crippen molar-refractivity contribution in [3.05, 3.63) is 35.4 Å². The monoisotopic (exact) mass is 866 g/mol. The van der Waals surface area contributed by atoms with Gasteiger partial charge in [0.15, 0.2) is 36.8 Å². The van der Waals surface area contributed by atoms with Crippen LogP contribution in [0.5, 0.6) is 0 Å². The molecule has 0 spiro atoms. The summed E-state index contributed by atoms with van der Waals surface area (Å²) in [5.41, 5.74) is -0.179. The van der Waals surface area contributed by atoms with Gasteiger partial charge < -0.3 is 47.4 Å². The Morgan fingerprint density at radius 1 is 0.614 bits per heavy atom. The Labute approximate surface area is 338 Å². The first-order chi connectivity index (χ1) is 26.6. The molecule has 2 amide bonds. The highest BCUT2D eigenvalue weighted by molar-refractivity contribution is 6.76. The zero-order chi connectivity index (χ0) is 42.5. The number of carbonyl (C=O) groups is 8. The Balaban J connectivity index is 1.96. The maximum absolute atomic E-state index is 14.1. The van der Waals surface area contributed by atoms with E-state index in [2.05, 4.69) is 0 Å². The van der Waals surface area contributed by atoms with E-state index in [0.717, 1.165) is 41.5 Å². The summed E-state index contributed by atoms with van der Waals surface area (Å²) in [6.07, 6.45) is -16.3. The molecule has 3 heterocycles. The molecule has 3 aliphatic heterocycles. The molecule has 20 nitrogen and oxygen atoms in total. The number of alkyl halides is 3. The van der Waals surface area contributed by atoms with Gasteiger partial charge in [-0.25, -0.2) is 0 Å². The highest BCUT2D eigenvalue weighted by Gasteiger charge is 2.61. The van der Waals surface area contributed by atoms with Gasteiger partial charge in [-0.1, -0.05) is 46.9 Å². The molecule has 1 aromatic rings. The zero-order valence-electron chi connectivity index (χ0n) is 30.9. The van der Waals surface area contributed by atoms with Crippen molar-refractivity contribution in [2.75, 3.05) is 13.2 Å². The second-order valence-corrected chi connectivity index (χ2v) is 14.8. The van der Waals surface area contributed by atoms with Crippen LogP contribution in [0.2, 0.25) is 0 Å². The summed E-state index contributed by atoms with van der Waals surface area (Å²) in [5.74, 6) is -8.57. The van der Waals surface area contributed by atoms with Gasteiger partial charge in [-0.05, 0) is 12.1 Å². The smallest absolute Gasteiger partial charge is 0.303 e. The van der Waals surface area contributed by atoms with Crippen molar-refractivity contribution in [3.8, 4) is 0 Å². The molecular weight excluding hydrogens is 831 g/mol. The van der Waals surface area contributed by atoms with Crippen molar-refractivity contribution in [2.45, 2.75) is 107 Å². The predicted molar refractivity (Wildman–Crippen MR) is 188 cm³/mol. The van der Waals surface area contributed by atoms with Crippen LogP contribution in [0.1, 0.15) is 62.3 Å². The van der Waals surface area contributed by atoms with Crippen LogP contribution in [0.15, 0.2) is 24.3 Å². The molecule has 0 bridgehead atoms. The van der Waals surface area contributed by atoms with Gasteiger partial charge in [-0.15, -0.1) is 0 Å². The molecule has 3 aliphatic rings. The van der Waals surface area contributed by atoms with E-state index >= 15 is 0 Å². The van der Waals surface area contributed by atoms with Gasteiger partial charge in [-0.2, -0.15) is 0 Å². The lowest BCUT2D eigenvalue weighted by Gasteiger charge is -2.50. The van der Waals surface area contributed by atoms with Crippen LogP contribution in [-0.4, -0.2) is 137 Å². The molecule has 2 saturated heterocycles. The number of nitrogens with zero attached hydrogens (tertiary/aromatic N) is 1. The third-order valence-electron chi connectivity index (χ3n) is 8.22. The van der Waals surface area contributed by atoms with Crippen LogP contribution in [-0.2, 0) is 76.1 Å². The molecule has 0 unspecified atom stereocenters. The number of rotatable bonds is 12. The van der Waals surface area contributed by atoms with Gasteiger partial charge in [-0.3, -0.25) is 48.7 Å². The van der Waals surface area contributed by atoms with Crippen LogP contribution in [0.25, 0.3) is 0 Å². The summed E-state index contributed by atoms with van der Waals surface area (Å²) in [6.45, 7) is 4.67. The Morgan fingerprint density at radius 2 is 1.02 bits per heavy atom. The average molecular weight is 868 g/mol. The number of fused-ring (bicyclic) bond motifs is 1. The van der Waals surface area contributed by atoms with Gasteiger partial charge in [0.1, 0.15) is 31.5 Å². The Morgan fingerprint density at radius 3 is 1.44 bits per heavy atom. The maximum atomic E-state index is 14.1. The summed E-state index contributed by atoms with van der Waals surface area (Å²) < 4.78 is 54.0. The Kier molecular flexibility index (Phi) is 14.9. The molecule has 0 aromatic heterocycles. The Hall–Kier alpha value is -4.60. The summed E-state index contributed by atoms with van der Waals surface area (Å²) in [4.78, 5) is 103. The van der Waals surface area contributed by atoms with E-state index in [1.54, 1.807) is 0 Å². The van der Waals surface area contributed by atoms with Gasteiger partial charge in [0.2, 0.25) is 12.2 Å². The summed E-state index contributed by atoms with van der Waals surface area (Å²) in [7, 11) is 0. The topological polar surface area (TPSA) is 256 Å².